The van der Waals surface area contributed by atoms with Crippen LogP contribution in [-0.4, -0.2) is 37.2 Å². The second-order valence-electron chi connectivity index (χ2n) is 6.40. The summed E-state index contributed by atoms with van der Waals surface area (Å²) in [4.78, 5) is 14.8. The van der Waals surface area contributed by atoms with Crippen molar-refractivity contribution in [1.29, 1.82) is 0 Å². The zero-order valence-electron chi connectivity index (χ0n) is 13.5. The molecule has 7 heteroatoms. The van der Waals surface area contributed by atoms with Crippen molar-refractivity contribution in [3.63, 3.8) is 0 Å². The second kappa shape index (κ2) is 5.72. The van der Waals surface area contributed by atoms with E-state index in [0.29, 0.717) is 5.78 Å². The normalized spacial score (nSPS) is 19.8. The Morgan fingerprint density at radius 1 is 1.39 bits per heavy atom. The molecule has 122 valence electrons. The van der Waals surface area contributed by atoms with Crippen LogP contribution in [0.25, 0.3) is 16.0 Å². The first-order valence-corrected chi connectivity index (χ1v) is 9.09. The maximum Gasteiger partial charge on any atom is 0.272 e. The highest BCUT2D eigenvalue weighted by molar-refractivity contribution is 7.17. The van der Waals surface area contributed by atoms with Crippen LogP contribution in [0.4, 0.5) is 0 Å². The topological polar surface area (TPSA) is 55.4 Å². The Balaban J connectivity index is 1.78. The summed E-state index contributed by atoms with van der Waals surface area (Å²) in [6.45, 7) is 5.31. The van der Waals surface area contributed by atoms with Crippen LogP contribution < -0.4 is 5.56 Å². The minimum Gasteiger partial charge on any atom is -0.296 e. The first kappa shape index (κ1) is 14.8. The van der Waals surface area contributed by atoms with Crippen molar-refractivity contribution in [2.75, 3.05) is 13.1 Å². The Labute approximate surface area is 138 Å². The third-order valence-corrected chi connectivity index (χ3v) is 5.83. The molecule has 1 aliphatic heterocycles. The summed E-state index contributed by atoms with van der Waals surface area (Å²) >= 11 is 1.48. The Morgan fingerprint density at radius 2 is 2.26 bits per heavy atom. The minimum atomic E-state index is 0.00506. The molecule has 1 atom stereocenters. The highest BCUT2D eigenvalue weighted by Crippen LogP contribution is 2.23. The Hall–Kier alpha value is -1.73. The lowest BCUT2D eigenvalue weighted by molar-refractivity contribution is 0.161. The van der Waals surface area contributed by atoms with Gasteiger partial charge >= 0.3 is 0 Å². The molecule has 0 saturated carbocycles. The van der Waals surface area contributed by atoms with Crippen LogP contribution in [0.5, 0.6) is 0 Å². The maximum atomic E-state index is 12.4. The van der Waals surface area contributed by atoms with Gasteiger partial charge in [-0.2, -0.15) is 0 Å². The van der Waals surface area contributed by atoms with E-state index in [9.17, 15) is 4.79 Å². The number of hydrogen-bond acceptors (Lipinski definition) is 5. The average molecular weight is 331 g/mol. The summed E-state index contributed by atoms with van der Waals surface area (Å²) in [6.07, 6.45) is 3.82. The van der Waals surface area contributed by atoms with E-state index in [0.717, 1.165) is 41.6 Å². The van der Waals surface area contributed by atoms with E-state index in [2.05, 4.69) is 22.0 Å². The minimum absolute atomic E-state index is 0.00506. The van der Waals surface area contributed by atoms with Crippen LogP contribution in [0.1, 0.15) is 32.0 Å². The number of hydrogen-bond donors (Lipinski definition) is 0. The van der Waals surface area contributed by atoms with Crippen molar-refractivity contribution in [3.05, 3.63) is 27.6 Å². The molecule has 0 aliphatic carbocycles. The molecule has 4 heterocycles. The molecule has 0 bridgehead atoms. The number of piperidine rings is 1. The lowest BCUT2D eigenvalue weighted by Gasteiger charge is -2.31. The van der Waals surface area contributed by atoms with Gasteiger partial charge in [0.15, 0.2) is 5.82 Å². The molecular formula is C16H21N5OS. The molecule has 0 radical (unpaired) electrons. The number of nitrogens with zero attached hydrogens (tertiary/aromatic N) is 5. The van der Waals surface area contributed by atoms with Crippen LogP contribution in [0.3, 0.4) is 0 Å². The van der Waals surface area contributed by atoms with Crippen LogP contribution >= 0.6 is 11.3 Å². The van der Waals surface area contributed by atoms with Gasteiger partial charge in [0.05, 0.1) is 12.1 Å². The summed E-state index contributed by atoms with van der Waals surface area (Å²) in [7, 11) is 1.77. The van der Waals surface area contributed by atoms with Gasteiger partial charge in [0, 0.05) is 13.6 Å². The van der Waals surface area contributed by atoms with E-state index >= 15 is 0 Å². The van der Waals surface area contributed by atoms with Crippen molar-refractivity contribution >= 4 is 27.3 Å². The first-order valence-electron chi connectivity index (χ1n) is 8.21. The van der Waals surface area contributed by atoms with Crippen molar-refractivity contribution in [2.45, 2.75) is 32.7 Å². The molecule has 0 unspecified atom stereocenters. The third-order valence-electron chi connectivity index (χ3n) is 4.94. The van der Waals surface area contributed by atoms with Crippen LogP contribution in [0, 0.1) is 5.92 Å². The Kier molecular flexibility index (Phi) is 3.69. The van der Waals surface area contributed by atoms with Gasteiger partial charge in [-0.25, -0.2) is 0 Å². The summed E-state index contributed by atoms with van der Waals surface area (Å²) < 4.78 is 4.41. The standard InChI is InChI=1S/C16H21N5OS/c1-3-11-5-4-7-20(9-11)10-13-17-18-16-19(2)15(22)14-12(21(13)16)6-8-23-14/h6,8,11H,3-5,7,9-10H2,1-2H3/t11-/m0/s1. The molecule has 6 nitrogen and oxygen atoms in total. The van der Waals surface area contributed by atoms with Gasteiger partial charge in [0.2, 0.25) is 5.78 Å². The van der Waals surface area contributed by atoms with Gasteiger partial charge in [-0.05, 0) is 36.8 Å². The molecule has 0 amide bonds. The maximum absolute atomic E-state index is 12.4. The molecule has 0 spiro atoms. The summed E-state index contributed by atoms with van der Waals surface area (Å²) in [6, 6.07) is 1.99. The lowest BCUT2D eigenvalue weighted by Crippen LogP contribution is -2.35. The highest BCUT2D eigenvalue weighted by Gasteiger charge is 2.22. The van der Waals surface area contributed by atoms with Crippen molar-refractivity contribution in [1.82, 2.24) is 24.1 Å². The molecule has 23 heavy (non-hydrogen) atoms. The number of likely N-dealkylation sites (tertiary alicyclic amines) is 1. The number of rotatable bonds is 3. The number of aromatic nitrogens is 4. The molecule has 1 aliphatic rings. The average Bonchev–Trinajstić information content (AvgIpc) is 3.19. The molecule has 0 aromatic carbocycles. The predicted octanol–water partition coefficient (Wildman–Crippen LogP) is 2.26. The summed E-state index contributed by atoms with van der Waals surface area (Å²) in [5.74, 6) is 2.34. The first-order chi connectivity index (χ1) is 11.2. The van der Waals surface area contributed by atoms with Gasteiger partial charge < -0.3 is 0 Å². The largest absolute Gasteiger partial charge is 0.296 e. The SMILES string of the molecule is CC[C@H]1CCCN(Cc2nnc3n(C)c(=O)c4sccc4n23)C1. The van der Waals surface area contributed by atoms with E-state index in [-0.39, 0.29) is 5.56 Å². The van der Waals surface area contributed by atoms with E-state index in [1.807, 2.05) is 15.8 Å². The second-order valence-corrected chi connectivity index (χ2v) is 7.32. The quantitative estimate of drug-likeness (QED) is 0.739. The summed E-state index contributed by atoms with van der Waals surface area (Å²) in [5.41, 5.74) is 0.933. The fourth-order valence-corrected chi connectivity index (χ4v) is 4.43. The van der Waals surface area contributed by atoms with Crippen molar-refractivity contribution < 1.29 is 0 Å². The van der Waals surface area contributed by atoms with E-state index in [4.69, 9.17) is 0 Å². The predicted molar refractivity (Wildman–Crippen MR) is 91.9 cm³/mol. The number of aryl methyl sites for hydroxylation is 1. The van der Waals surface area contributed by atoms with Gasteiger partial charge in [-0.1, -0.05) is 13.3 Å². The smallest absolute Gasteiger partial charge is 0.272 e. The molecule has 1 fully saturated rings. The van der Waals surface area contributed by atoms with E-state index in [1.165, 1.54) is 30.6 Å². The van der Waals surface area contributed by atoms with Crippen molar-refractivity contribution in [2.24, 2.45) is 13.0 Å². The summed E-state index contributed by atoms with van der Waals surface area (Å²) in [5, 5.41) is 10.6. The zero-order chi connectivity index (χ0) is 16.0. The molecule has 4 rings (SSSR count). The molecule has 3 aromatic rings. The van der Waals surface area contributed by atoms with E-state index < -0.39 is 0 Å². The monoisotopic (exact) mass is 331 g/mol. The fraction of sp³-hybridized carbons (Fsp3) is 0.562. The van der Waals surface area contributed by atoms with Crippen LogP contribution in [0.15, 0.2) is 16.2 Å². The molecule has 0 N–H and O–H groups in total. The third kappa shape index (κ3) is 2.38. The lowest BCUT2D eigenvalue weighted by atomic mass is 9.96. The Morgan fingerprint density at radius 3 is 3.09 bits per heavy atom. The van der Waals surface area contributed by atoms with Crippen LogP contribution in [0.2, 0.25) is 0 Å². The molecule has 1 saturated heterocycles. The molecular weight excluding hydrogens is 310 g/mol. The highest BCUT2D eigenvalue weighted by atomic mass is 32.1. The number of fused-ring (bicyclic) bond motifs is 3. The van der Waals surface area contributed by atoms with E-state index in [1.54, 1.807) is 11.6 Å². The Bertz CT molecular complexity index is 908. The van der Waals surface area contributed by atoms with Crippen molar-refractivity contribution in [3.8, 4) is 0 Å². The van der Waals surface area contributed by atoms with Gasteiger partial charge in [-0.15, -0.1) is 21.5 Å². The van der Waals surface area contributed by atoms with Crippen LogP contribution in [-0.2, 0) is 13.6 Å². The number of thiophene rings is 1. The zero-order valence-corrected chi connectivity index (χ0v) is 14.3. The molecule has 3 aromatic heterocycles. The van der Waals surface area contributed by atoms with Gasteiger partial charge in [-0.3, -0.25) is 18.7 Å². The fourth-order valence-electron chi connectivity index (χ4n) is 3.58. The van der Waals surface area contributed by atoms with Gasteiger partial charge in [0.25, 0.3) is 5.56 Å². The van der Waals surface area contributed by atoms with Gasteiger partial charge in [0.1, 0.15) is 4.70 Å².